The van der Waals surface area contributed by atoms with E-state index in [2.05, 4.69) is 37.5 Å². The molecule has 0 saturated carbocycles. The van der Waals surface area contributed by atoms with E-state index in [0.717, 1.165) is 19.6 Å². The van der Waals surface area contributed by atoms with Gasteiger partial charge in [0.25, 0.3) is 0 Å². The smallest absolute Gasteiger partial charge is 0.102 e. The molecular weight excluding hydrogens is 203 g/mol. The lowest BCUT2D eigenvalue weighted by Crippen LogP contribution is -2.52. The molecule has 2 nitrogen and oxygen atoms in total. The van der Waals surface area contributed by atoms with Gasteiger partial charge in [-0.2, -0.15) is 0 Å². The molecule has 0 bridgehead atoms. The van der Waals surface area contributed by atoms with E-state index in [1.807, 2.05) is 0 Å². The highest BCUT2D eigenvalue weighted by atomic mass is 19.1. The Hall–Kier alpha value is -0.150. The second kappa shape index (κ2) is 5.97. The SMILES string of the molecule is CCN(C1CCN(CCF)CC1)C(C)(C)C. The van der Waals surface area contributed by atoms with Crippen LogP contribution in [0.3, 0.4) is 0 Å². The van der Waals surface area contributed by atoms with Gasteiger partial charge in [0.2, 0.25) is 0 Å². The van der Waals surface area contributed by atoms with Crippen LogP contribution in [0, 0.1) is 0 Å². The van der Waals surface area contributed by atoms with Crippen LogP contribution in [0.15, 0.2) is 0 Å². The summed E-state index contributed by atoms with van der Waals surface area (Å²) in [7, 11) is 0. The largest absolute Gasteiger partial charge is 0.301 e. The fourth-order valence-electron chi connectivity index (χ4n) is 2.85. The molecule has 0 N–H and O–H groups in total. The van der Waals surface area contributed by atoms with Gasteiger partial charge < -0.3 is 4.90 Å². The van der Waals surface area contributed by atoms with Crippen molar-refractivity contribution < 1.29 is 4.39 Å². The summed E-state index contributed by atoms with van der Waals surface area (Å²) in [6.07, 6.45) is 2.37. The average molecular weight is 230 g/mol. The number of piperidine rings is 1. The molecule has 0 spiro atoms. The molecule has 1 fully saturated rings. The molecule has 96 valence electrons. The molecule has 1 aliphatic heterocycles. The Morgan fingerprint density at radius 1 is 1.25 bits per heavy atom. The maximum absolute atomic E-state index is 12.2. The molecule has 0 aliphatic carbocycles. The van der Waals surface area contributed by atoms with Crippen molar-refractivity contribution in [1.29, 1.82) is 0 Å². The Bertz CT molecular complexity index is 193. The average Bonchev–Trinajstić information content (AvgIpc) is 2.20. The zero-order valence-corrected chi connectivity index (χ0v) is 11.3. The van der Waals surface area contributed by atoms with Gasteiger partial charge in [0.1, 0.15) is 6.67 Å². The van der Waals surface area contributed by atoms with Crippen LogP contribution in [0.1, 0.15) is 40.5 Å². The Kier molecular flexibility index (Phi) is 5.19. The summed E-state index contributed by atoms with van der Waals surface area (Å²) in [4.78, 5) is 4.83. The Morgan fingerprint density at radius 2 is 1.81 bits per heavy atom. The van der Waals surface area contributed by atoms with Crippen LogP contribution in [0.25, 0.3) is 0 Å². The van der Waals surface area contributed by atoms with Gasteiger partial charge in [-0.15, -0.1) is 0 Å². The van der Waals surface area contributed by atoms with E-state index in [1.165, 1.54) is 12.8 Å². The van der Waals surface area contributed by atoms with Gasteiger partial charge >= 0.3 is 0 Å². The maximum atomic E-state index is 12.2. The molecular formula is C13H27FN2. The van der Waals surface area contributed by atoms with E-state index in [-0.39, 0.29) is 12.2 Å². The first-order valence-corrected chi connectivity index (χ1v) is 6.54. The molecule has 1 rings (SSSR count). The predicted molar refractivity (Wildman–Crippen MR) is 67.6 cm³/mol. The van der Waals surface area contributed by atoms with Crippen molar-refractivity contribution in [2.75, 3.05) is 32.9 Å². The highest BCUT2D eigenvalue weighted by Crippen LogP contribution is 2.23. The minimum Gasteiger partial charge on any atom is -0.301 e. The third kappa shape index (κ3) is 3.70. The van der Waals surface area contributed by atoms with Crippen LogP contribution in [0.4, 0.5) is 4.39 Å². The molecule has 0 aromatic carbocycles. The summed E-state index contributed by atoms with van der Waals surface area (Å²) in [6, 6.07) is 0.681. The van der Waals surface area contributed by atoms with Crippen molar-refractivity contribution in [3.05, 3.63) is 0 Å². The Morgan fingerprint density at radius 3 is 2.19 bits per heavy atom. The van der Waals surface area contributed by atoms with E-state index in [1.54, 1.807) is 0 Å². The van der Waals surface area contributed by atoms with Gasteiger partial charge in [-0.05, 0) is 53.2 Å². The lowest BCUT2D eigenvalue weighted by molar-refractivity contribution is 0.0435. The highest BCUT2D eigenvalue weighted by Gasteiger charge is 2.30. The van der Waals surface area contributed by atoms with Gasteiger partial charge in [0.05, 0.1) is 0 Å². The fraction of sp³-hybridized carbons (Fsp3) is 1.00. The minimum absolute atomic E-state index is 0.207. The molecule has 1 saturated heterocycles. The number of halogens is 1. The van der Waals surface area contributed by atoms with E-state index in [9.17, 15) is 4.39 Å². The third-order valence-electron chi connectivity index (χ3n) is 3.60. The molecule has 16 heavy (non-hydrogen) atoms. The second-order valence-electron chi connectivity index (χ2n) is 5.72. The molecule has 1 heterocycles. The molecule has 0 atom stereocenters. The minimum atomic E-state index is -0.207. The summed E-state index contributed by atoms with van der Waals surface area (Å²) in [5, 5.41) is 0. The highest BCUT2D eigenvalue weighted by molar-refractivity contribution is 4.86. The first kappa shape index (κ1) is 13.9. The second-order valence-corrected chi connectivity index (χ2v) is 5.72. The van der Waals surface area contributed by atoms with Crippen LogP contribution in [-0.2, 0) is 0 Å². The summed E-state index contributed by atoms with van der Waals surface area (Å²) in [5.41, 5.74) is 0.252. The molecule has 0 radical (unpaired) electrons. The van der Waals surface area contributed by atoms with Crippen LogP contribution < -0.4 is 0 Å². The van der Waals surface area contributed by atoms with Gasteiger partial charge in [-0.25, -0.2) is 4.39 Å². The standard InChI is InChI=1S/C13H27FN2/c1-5-16(13(2,3)4)12-6-9-15(10-7-12)11-8-14/h12H,5-11H2,1-4H3. The number of nitrogens with zero attached hydrogens (tertiary/aromatic N) is 2. The maximum Gasteiger partial charge on any atom is 0.102 e. The number of rotatable bonds is 4. The zero-order valence-electron chi connectivity index (χ0n) is 11.3. The van der Waals surface area contributed by atoms with Crippen LogP contribution >= 0.6 is 0 Å². The monoisotopic (exact) mass is 230 g/mol. The van der Waals surface area contributed by atoms with Gasteiger partial charge in [-0.3, -0.25) is 4.90 Å². The summed E-state index contributed by atoms with van der Waals surface area (Å²) >= 11 is 0. The molecule has 1 aliphatic rings. The topological polar surface area (TPSA) is 6.48 Å². The van der Waals surface area contributed by atoms with E-state index in [4.69, 9.17) is 0 Å². The van der Waals surface area contributed by atoms with Crippen molar-refractivity contribution in [2.24, 2.45) is 0 Å². The van der Waals surface area contributed by atoms with E-state index in [0.29, 0.717) is 12.6 Å². The first-order valence-electron chi connectivity index (χ1n) is 6.54. The van der Waals surface area contributed by atoms with Gasteiger partial charge in [0, 0.05) is 18.1 Å². The Labute approximate surface area is 99.8 Å². The van der Waals surface area contributed by atoms with Crippen LogP contribution in [0.5, 0.6) is 0 Å². The summed E-state index contributed by atoms with van der Waals surface area (Å²) in [6.45, 7) is 12.7. The summed E-state index contributed by atoms with van der Waals surface area (Å²) < 4.78 is 12.2. The lowest BCUT2D eigenvalue weighted by Gasteiger charge is -2.44. The predicted octanol–water partition coefficient (Wildman–Crippen LogP) is 2.54. The number of hydrogen-bond donors (Lipinski definition) is 0. The number of alkyl halides is 1. The molecule has 0 aromatic rings. The van der Waals surface area contributed by atoms with E-state index < -0.39 is 0 Å². The fourth-order valence-corrected chi connectivity index (χ4v) is 2.85. The zero-order chi connectivity index (χ0) is 12.2. The molecule has 0 amide bonds. The number of hydrogen-bond acceptors (Lipinski definition) is 2. The summed E-state index contributed by atoms with van der Waals surface area (Å²) in [5.74, 6) is 0. The quantitative estimate of drug-likeness (QED) is 0.732. The first-order chi connectivity index (χ1) is 7.49. The Balaban J connectivity index is 2.45. The molecule has 3 heteroatoms. The van der Waals surface area contributed by atoms with Gasteiger partial charge in [-0.1, -0.05) is 6.92 Å². The van der Waals surface area contributed by atoms with Gasteiger partial charge in [0.15, 0.2) is 0 Å². The molecule has 0 unspecified atom stereocenters. The normalized spacial score (nSPS) is 20.6. The number of likely N-dealkylation sites (tertiary alicyclic amines) is 1. The van der Waals surface area contributed by atoms with E-state index >= 15 is 0 Å². The van der Waals surface area contributed by atoms with Crippen LogP contribution in [0.2, 0.25) is 0 Å². The lowest BCUT2D eigenvalue weighted by atomic mass is 9.96. The third-order valence-corrected chi connectivity index (χ3v) is 3.60. The van der Waals surface area contributed by atoms with Crippen molar-refractivity contribution >= 4 is 0 Å². The van der Waals surface area contributed by atoms with Crippen molar-refractivity contribution in [3.8, 4) is 0 Å². The molecule has 0 aromatic heterocycles. The van der Waals surface area contributed by atoms with Crippen LogP contribution in [-0.4, -0.2) is 54.2 Å². The van der Waals surface area contributed by atoms with Crippen molar-refractivity contribution in [3.63, 3.8) is 0 Å². The van der Waals surface area contributed by atoms with Crippen molar-refractivity contribution in [2.45, 2.75) is 52.1 Å². The van der Waals surface area contributed by atoms with Crippen molar-refractivity contribution in [1.82, 2.24) is 9.80 Å².